The molecule has 0 bridgehead atoms. The lowest BCUT2D eigenvalue weighted by molar-refractivity contribution is -0.0940. The summed E-state index contributed by atoms with van der Waals surface area (Å²) >= 11 is 0. The Hall–Kier alpha value is -1.38. The number of nitrogens with one attached hydrogen (secondary N) is 1. The van der Waals surface area contributed by atoms with Gasteiger partial charge in [0.2, 0.25) is 0 Å². The number of hydrogen-bond donors (Lipinski definition) is 1. The number of rotatable bonds is 5. The number of unbranched alkanes of at least 4 members (excludes halogenated alkanes) is 1. The Bertz CT molecular complexity index is 582. The topological polar surface area (TPSA) is 21.3 Å². The molecule has 0 amide bonds. The summed E-state index contributed by atoms with van der Waals surface area (Å²) in [6.07, 6.45) is 5.82. The number of ether oxygens (including phenoxy) is 1. The maximum Gasteiger partial charge on any atom is 0.145 e. The molecule has 112 valence electrons. The molecule has 1 fully saturated rings. The van der Waals surface area contributed by atoms with Gasteiger partial charge < -0.3 is 4.74 Å². The van der Waals surface area contributed by atoms with Crippen molar-refractivity contribution in [1.29, 1.82) is 0 Å². The first-order valence-electron chi connectivity index (χ1n) is 8.23. The Morgan fingerprint density at radius 2 is 1.95 bits per heavy atom. The number of fused-ring (bicyclic) bond motifs is 1. The SMILES string of the molecule is CCCCOC1(c2cccc3ccccc23)CCCCN1. The highest BCUT2D eigenvalue weighted by Crippen LogP contribution is 2.36. The molecule has 1 saturated heterocycles. The van der Waals surface area contributed by atoms with Crippen molar-refractivity contribution in [3.63, 3.8) is 0 Å². The van der Waals surface area contributed by atoms with E-state index in [0.717, 1.165) is 26.0 Å². The van der Waals surface area contributed by atoms with Crippen LogP contribution in [0.2, 0.25) is 0 Å². The third-order valence-corrected chi connectivity index (χ3v) is 4.44. The summed E-state index contributed by atoms with van der Waals surface area (Å²) in [5.74, 6) is 0. The molecular weight excluding hydrogens is 258 g/mol. The maximum absolute atomic E-state index is 6.39. The molecule has 2 nitrogen and oxygen atoms in total. The minimum atomic E-state index is -0.297. The quantitative estimate of drug-likeness (QED) is 0.811. The summed E-state index contributed by atoms with van der Waals surface area (Å²) in [5, 5.41) is 6.28. The zero-order chi connectivity index (χ0) is 14.5. The second-order valence-electron chi connectivity index (χ2n) is 5.94. The van der Waals surface area contributed by atoms with Gasteiger partial charge in [0.05, 0.1) is 0 Å². The van der Waals surface area contributed by atoms with Crippen molar-refractivity contribution in [2.75, 3.05) is 13.2 Å². The Morgan fingerprint density at radius 1 is 1.10 bits per heavy atom. The lowest BCUT2D eigenvalue weighted by Crippen LogP contribution is -2.48. The van der Waals surface area contributed by atoms with Crippen LogP contribution in [0.15, 0.2) is 42.5 Å². The van der Waals surface area contributed by atoms with Crippen molar-refractivity contribution in [2.24, 2.45) is 0 Å². The Labute approximate surface area is 127 Å². The van der Waals surface area contributed by atoms with E-state index in [4.69, 9.17) is 4.74 Å². The second-order valence-corrected chi connectivity index (χ2v) is 5.94. The van der Waals surface area contributed by atoms with Crippen molar-refractivity contribution < 1.29 is 4.74 Å². The summed E-state index contributed by atoms with van der Waals surface area (Å²) in [6.45, 7) is 4.07. The number of benzene rings is 2. The second kappa shape index (κ2) is 6.59. The summed E-state index contributed by atoms with van der Waals surface area (Å²) in [4.78, 5) is 0. The number of hydrogen-bond acceptors (Lipinski definition) is 2. The molecule has 0 saturated carbocycles. The fraction of sp³-hybridized carbons (Fsp3) is 0.474. The minimum absolute atomic E-state index is 0.297. The van der Waals surface area contributed by atoms with Crippen LogP contribution in [0.5, 0.6) is 0 Å². The van der Waals surface area contributed by atoms with Crippen molar-refractivity contribution >= 4 is 10.8 Å². The Balaban J connectivity index is 2.01. The molecule has 1 atom stereocenters. The molecule has 1 unspecified atom stereocenters. The van der Waals surface area contributed by atoms with Crippen LogP contribution >= 0.6 is 0 Å². The molecular formula is C19H25NO. The molecule has 0 aliphatic carbocycles. The van der Waals surface area contributed by atoms with Gasteiger partial charge in [0.1, 0.15) is 5.72 Å². The molecule has 1 aliphatic heterocycles. The standard InChI is InChI=1S/C19H25NO/c1-2-3-15-21-19(13-6-7-14-20-19)18-12-8-10-16-9-4-5-11-17(16)18/h4-5,8-12,20H,2-3,6-7,13-15H2,1H3. The van der Waals surface area contributed by atoms with E-state index in [0.29, 0.717) is 0 Å². The lowest BCUT2D eigenvalue weighted by atomic mass is 9.89. The van der Waals surface area contributed by atoms with Gasteiger partial charge in [-0.05, 0) is 43.0 Å². The normalized spacial score (nSPS) is 22.5. The van der Waals surface area contributed by atoms with Crippen LogP contribution in [0.1, 0.15) is 44.6 Å². The molecule has 2 aromatic rings. The van der Waals surface area contributed by atoms with Crippen molar-refractivity contribution in [3.05, 3.63) is 48.0 Å². The highest BCUT2D eigenvalue weighted by atomic mass is 16.5. The van der Waals surface area contributed by atoms with Gasteiger partial charge in [-0.25, -0.2) is 0 Å². The van der Waals surface area contributed by atoms with Crippen molar-refractivity contribution in [1.82, 2.24) is 5.32 Å². The zero-order valence-corrected chi connectivity index (χ0v) is 12.9. The summed E-state index contributed by atoms with van der Waals surface area (Å²) < 4.78 is 6.39. The highest BCUT2D eigenvalue weighted by Gasteiger charge is 2.35. The minimum Gasteiger partial charge on any atom is -0.356 e. The van der Waals surface area contributed by atoms with E-state index in [-0.39, 0.29) is 5.72 Å². The van der Waals surface area contributed by atoms with Crippen LogP contribution in [0.4, 0.5) is 0 Å². The van der Waals surface area contributed by atoms with E-state index < -0.39 is 0 Å². The summed E-state index contributed by atoms with van der Waals surface area (Å²) in [5.41, 5.74) is 1.00. The molecule has 1 N–H and O–H groups in total. The van der Waals surface area contributed by atoms with E-state index in [1.165, 1.54) is 35.6 Å². The largest absolute Gasteiger partial charge is 0.356 e. The first kappa shape index (κ1) is 14.6. The third kappa shape index (κ3) is 2.97. The molecule has 2 heteroatoms. The van der Waals surface area contributed by atoms with Crippen molar-refractivity contribution in [3.8, 4) is 0 Å². The van der Waals surface area contributed by atoms with E-state index in [1.807, 2.05) is 0 Å². The fourth-order valence-electron chi connectivity index (χ4n) is 3.28. The van der Waals surface area contributed by atoms with E-state index >= 15 is 0 Å². The van der Waals surface area contributed by atoms with Crippen LogP contribution < -0.4 is 5.32 Å². The molecule has 0 spiro atoms. The van der Waals surface area contributed by atoms with Crippen LogP contribution in [0, 0.1) is 0 Å². The van der Waals surface area contributed by atoms with Gasteiger partial charge in [-0.3, -0.25) is 5.32 Å². The van der Waals surface area contributed by atoms with Crippen LogP contribution in [0.3, 0.4) is 0 Å². The Kier molecular flexibility index (Phi) is 4.57. The summed E-state index contributed by atoms with van der Waals surface area (Å²) in [7, 11) is 0. The molecule has 1 aliphatic rings. The smallest absolute Gasteiger partial charge is 0.145 e. The third-order valence-electron chi connectivity index (χ3n) is 4.44. The first-order valence-corrected chi connectivity index (χ1v) is 8.23. The monoisotopic (exact) mass is 283 g/mol. The average molecular weight is 283 g/mol. The van der Waals surface area contributed by atoms with Gasteiger partial charge in [0.15, 0.2) is 0 Å². The van der Waals surface area contributed by atoms with Gasteiger partial charge in [-0.1, -0.05) is 55.8 Å². The molecule has 0 aromatic heterocycles. The molecule has 1 heterocycles. The van der Waals surface area contributed by atoms with E-state index in [2.05, 4.69) is 54.7 Å². The first-order chi connectivity index (χ1) is 10.4. The van der Waals surface area contributed by atoms with Gasteiger partial charge in [0.25, 0.3) is 0 Å². The lowest BCUT2D eigenvalue weighted by Gasteiger charge is -2.39. The molecule has 21 heavy (non-hydrogen) atoms. The average Bonchev–Trinajstić information content (AvgIpc) is 2.55. The van der Waals surface area contributed by atoms with E-state index in [9.17, 15) is 0 Å². The molecule has 2 aromatic carbocycles. The predicted molar refractivity (Wildman–Crippen MR) is 88.3 cm³/mol. The van der Waals surface area contributed by atoms with Gasteiger partial charge in [-0.2, -0.15) is 0 Å². The molecule has 3 rings (SSSR count). The van der Waals surface area contributed by atoms with Crippen LogP contribution in [-0.4, -0.2) is 13.2 Å². The number of piperidine rings is 1. The van der Waals surface area contributed by atoms with Crippen LogP contribution in [0.25, 0.3) is 10.8 Å². The van der Waals surface area contributed by atoms with Gasteiger partial charge in [-0.15, -0.1) is 0 Å². The highest BCUT2D eigenvalue weighted by molar-refractivity contribution is 5.86. The predicted octanol–water partition coefficient (Wildman–Crippen LogP) is 4.58. The molecule has 0 radical (unpaired) electrons. The Morgan fingerprint density at radius 3 is 2.76 bits per heavy atom. The summed E-state index contributed by atoms with van der Waals surface area (Å²) in [6, 6.07) is 15.2. The van der Waals surface area contributed by atoms with Gasteiger partial charge in [0, 0.05) is 12.2 Å². The zero-order valence-electron chi connectivity index (χ0n) is 12.9. The van der Waals surface area contributed by atoms with Gasteiger partial charge >= 0.3 is 0 Å². The van der Waals surface area contributed by atoms with E-state index in [1.54, 1.807) is 0 Å². The van der Waals surface area contributed by atoms with Crippen LogP contribution in [-0.2, 0) is 10.5 Å². The fourth-order valence-corrected chi connectivity index (χ4v) is 3.28. The maximum atomic E-state index is 6.39. The van der Waals surface area contributed by atoms with Crippen molar-refractivity contribution in [2.45, 2.75) is 44.8 Å².